The molecule has 0 bridgehead atoms. The van der Waals surface area contributed by atoms with Gasteiger partial charge in [0, 0.05) is 49.9 Å². The molecule has 0 aromatic rings. The molecule has 3 atom stereocenters. The number of nitrogens with zero attached hydrogens (tertiary/aromatic N) is 1. The molecular formula is C13H28N2OS. The summed E-state index contributed by atoms with van der Waals surface area (Å²) in [7, 11) is 1.76. The fourth-order valence-electron chi connectivity index (χ4n) is 2.36. The lowest BCUT2D eigenvalue weighted by Crippen LogP contribution is -2.48. The minimum absolute atomic E-state index is 0.642. The first-order chi connectivity index (χ1) is 8.13. The van der Waals surface area contributed by atoms with Crippen LogP contribution in [0.3, 0.4) is 0 Å². The van der Waals surface area contributed by atoms with E-state index >= 15 is 0 Å². The van der Waals surface area contributed by atoms with Gasteiger partial charge in [-0.2, -0.15) is 11.8 Å². The molecule has 0 aromatic carbocycles. The smallest absolute Gasteiger partial charge is 0.0474 e. The molecule has 0 spiro atoms. The number of nitrogens with one attached hydrogen (secondary N) is 1. The van der Waals surface area contributed by atoms with Crippen LogP contribution in [0.15, 0.2) is 0 Å². The van der Waals surface area contributed by atoms with Crippen LogP contribution in [0.25, 0.3) is 0 Å². The summed E-state index contributed by atoms with van der Waals surface area (Å²) in [5, 5.41) is 5.06. The molecule has 1 aliphatic heterocycles. The first-order valence-corrected chi connectivity index (χ1v) is 7.67. The van der Waals surface area contributed by atoms with E-state index in [0.29, 0.717) is 6.04 Å². The van der Waals surface area contributed by atoms with Gasteiger partial charge in [0.2, 0.25) is 0 Å². The molecule has 1 heterocycles. The Bertz CT molecular complexity index is 194. The van der Waals surface area contributed by atoms with Crippen LogP contribution >= 0.6 is 11.8 Å². The second kappa shape index (κ2) is 8.35. The number of ether oxygens (including phenoxy) is 1. The zero-order valence-corrected chi connectivity index (χ0v) is 12.6. The summed E-state index contributed by atoms with van der Waals surface area (Å²) >= 11 is 2.12. The molecule has 0 amide bonds. The molecule has 4 heteroatoms. The first kappa shape index (κ1) is 15.3. The monoisotopic (exact) mass is 260 g/mol. The van der Waals surface area contributed by atoms with Gasteiger partial charge in [-0.3, -0.25) is 4.90 Å². The molecule has 0 saturated carbocycles. The molecule has 1 aliphatic rings. The molecule has 1 N–H and O–H groups in total. The van der Waals surface area contributed by atoms with E-state index < -0.39 is 0 Å². The van der Waals surface area contributed by atoms with Gasteiger partial charge in [-0.15, -0.1) is 0 Å². The molecule has 102 valence electrons. The number of thioether (sulfide) groups is 1. The van der Waals surface area contributed by atoms with Crippen molar-refractivity contribution in [2.45, 2.75) is 43.7 Å². The Labute approximate surface area is 111 Å². The highest BCUT2D eigenvalue weighted by atomic mass is 32.2. The van der Waals surface area contributed by atoms with Crippen molar-refractivity contribution < 1.29 is 4.74 Å². The van der Waals surface area contributed by atoms with Gasteiger partial charge in [0.25, 0.3) is 0 Å². The SMILES string of the molecule is COCCCNCC(C)N1CC(C)SC(C)C1. The summed E-state index contributed by atoms with van der Waals surface area (Å²) in [6.45, 7) is 12.5. The van der Waals surface area contributed by atoms with Crippen LogP contribution in [0, 0.1) is 0 Å². The van der Waals surface area contributed by atoms with E-state index in [1.165, 1.54) is 13.1 Å². The van der Waals surface area contributed by atoms with Gasteiger partial charge in [0.05, 0.1) is 0 Å². The van der Waals surface area contributed by atoms with E-state index in [9.17, 15) is 0 Å². The van der Waals surface area contributed by atoms with E-state index in [1.807, 2.05) is 0 Å². The molecule has 17 heavy (non-hydrogen) atoms. The van der Waals surface area contributed by atoms with Crippen LogP contribution < -0.4 is 5.32 Å². The molecule has 0 aromatic heterocycles. The van der Waals surface area contributed by atoms with Crippen molar-refractivity contribution in [1.82, 2.24) is 10.2 Å². The van der Waals surface area contributed by atoms with Crippen LogP contribution in [-0.4, -0.2) is 61.3 Å². The van der Waals surface area contributed by atoms with Crippen molar-refractivity contribution >= 4 is 11.8 Å². The molecule has 0 aliphatic carbocycles. The highest BCUT2D eigenvalue weighted by Gasteiger charge is 2.25. The van der Waals surface area contributed by atoms with Gasteiger partial charge in [-0.05, 0) is 19.9 Å². The summed E-state index contributed by atoms with van der Waals surface area (Å²) in [5.74, 6) is 0. The minimum atomic E-state index is 0.642. The van der Waals surface area contributed by atoms with Crippen LogP contribution in [0.5, 0.6) is 0 Å². The van der Waals surface area contributed by atoms with Gasteiger partial charge in [0.1, 0.15) is 0 Å². The second-order valence-corrected chi connectivity index (χ2v) is 6.99. The van der Waals surface area contributed by atoms with Crippen LogP contribution in [0.2, 0.25) is 0 Å². The Morgan fingerprint density at radius 3 is 2.59 bits per heavy atom. The Kier molecular flexibility index (Phi) is 7.51. The minimum Gasteiger partial charge on any atom is -0.385 e. The Balaban J connectivity index is 2.15. The van der Waals surface area contributed by atoms with Crippen LogP contribution in [0.1, 0.15) is 27.2 Å². The van der Waals surface area contributed by atoms with E-state index in [0.717, 1.165) is 36.6 Å². The fraction of sp³-hybridized carbons (Fsp3) is 1.00. The van der Waals surface area contributed by atoms with Crippen molar-refractivity contribution in [3.63, 3.8) is 0 Å². The van der Waals surface area contributed by atoms with Crippen molar-refractivity contribution in [1.29, 1.82) is 0 Å². The lowest BCUT2D eigenvalue weighted by Gasteiger charge is -2.38. The molecule has 1 saturated heterocycles. The number of hydrogen-bond acceptors (Lipinski definition) is 4. The van der Waals surface area contributed by atoms with Crippen LogP contribution in [0.4, 0.5) is 0 Å². The quantitative estimate of drug-likeness (QED) is 0.706. The molecule has 0 radical (unpaired) electrons. The third kappa shape index (κ3) is 6.09. The Hall–Kier alpha value is 0.230. The summed E-state index contributed by atoms with van der Waals surface area (Å²) in [4.78, 5) is 2.62. The van der Waals surface area contributed by atoms with Gasteiger partial charge >= 0.3 is 0 Å². The number of methoxy groups -OCH3 is 1. The molecule has 1 fully saturated rings. The Morgan fingerprint density at radius 2 is 2.00 bits per heavy atom. The maximum Gasteiger partial charge on any atom is 0.0474 e. The van der Waals surface area contributed by atoms with Crippen molar-refractivity contribution in [2.24, 2.45) is 0 Å². The predicted octanol–water partition coefficient (Wildman–Crippen LogP) is 1.83. The van der Waals surface area contributed by atoms with E-state index in [4.69, 9.17) is 4.74 Å². The zero-order chi connectivity index (χ0) is 12.7. The normalized spacial score (nSPS) is 28.2. The van der Waals surface area contributed by atoms with E-state index in [1.54, 1.807) is 7.11 Å². The highest BCUT2D eigenvalue weighted by molar-refractivity contribution is 8.00. The van der Waals surface area contributed by atoms with E-state index in [2.05, 4.69) is 42.7 Å². The van der Waals surface area contributed by atoms with Crippen molar-refractivity contribution in [2.75, 3.05) is 39.9 Å². The average Bonchev–Trinajstić information content (AvgIpc) is 2.27. The molecular weight excluding hydrogens is 232 g/mol. The average molecular weight is 260 g/mol. The lowest BCUT2D eigenvalue weighted by atomic mass is 10.2. The molecule has 1 rings (SSSR count). The van der Waals surface area contributed by atoms with E-state index in [-0.39, 0.29) is 0 Å². The third-order valence-electron chi connectivity index (χ3n) is 3.21. The van der Waals surface area contributed by atoms with Gasteiger partial charge in [-0.25, -0.2) is 0 Å². The number of rotatable bonds is 7. The first-order valence-electron chi connectivity index (χ1n) is 6.72. The van der Waals surface area contributed by atoms with Crippen LogP contribution in [-0.2, 0) is 4.74 Å². The maximum atomic E-state index is 5.04. The topological polar surface area (TPSA) is 24.5 Å². The highest BCUT2D eigenvalue weighted by Crippen LogP contribution is 2.25. The fourth-order valence-corrected chi connectivity index (χ4v) is 3.71. The van der Waals surface area contributed by atoms with Gasteiger partial charge in [-0.1, -0.05) is 13.8 Å². The second-order valence-electron chi connectivity index (χ2n) is 5.11. The summed E-state index contributed by atoms with van der Waals surface area (Å²) in [6, 6.07) is 0.642. The Morgan fingerprint density at radius 1 is 1.35 bits per heavy atom. The summed E-state index contributed by atoms with van der Waals surface area (Å²) in [6.07, 6.45) is 1.10. The standard InChI is InChI=1S/C13H28N2OS/c1-11(8-14-6-5-7-16-4)15-9-12(2)17-13(3)10-15/h11-14H,5-10H2,1-4H3. The summed E-state index contributed by atoms with van der Waals surface area (Å²) in [5.41, 5.74) is 0. The van der Waals surface area contributed by atoms with Gasteiger partial charge < -0.3 is 10.1 Å². The molecule has 3 unspecified atom stereocenters. The number of hydrogen-bond donors (Lipinski definition) is 1. The lowest BCUT2D eigenvalue weighted by molar-refractivity contribution is 0.186. The zero-order valence-electron chi connectivity index (χ0n) is 11.7. The predicted molar refractivity (Wildman–Crippen MR) is 76.9 cm³/mol. The maximum absolute atomic E-state index is 5.04. The largest absolute Gasteiger partial charge is 0.385 e. The van der Waals surface area contributed by atoms with Crippen molar-refractivity contribution in [3.8, 4) is 0 Å². The molecule has 3 nitrogen and oxygen atoms in total. The summed E-state index contributed by atoms with van der Waals surface area (Å²) < 4.78 is 5.04. The third-order valence-corrected chi connectivity index (χ3v) is 4.44. The van der Waals surface area contributed by atoms with Gasteiger partial charge in [0.15, 0.2) is 0 Å². The van der Waals surface area contributed by atoms with Crippen molar-refractivity contribution in [3.05, 3.63) is 0 Å².